The molecule has 2 nitrogen and oxygen atoms in total. The smallest absolute Gasteiger partial charge is 0.0200 e. The highest BCUT2D eigenvalue weighted by Crippen LogP contribution is 2.14. The van der Waals surface area contributed by atoms with Gasteiger partial charge in [0.05, 0.1) is 0 Å². The molecule has 0 unspecified atom stereocenters. The summed E-state index contributed by atoms with van der Waals surface area (Å²) < 4.78 is 0.147. The SMILES string of the molecule is CCN1CCN(CC(C)(C)S)CC1. The van der Waals surface area contributed by atoms with Crippen LogP contribution in [0.15, 0.2) is 0 Å². The normalized spacial score (nSPS) is 22.2. The Labute approximate surface area is 87.7 Å². The summed E-state index contributed by atoms with van der Waals surface area (Å²) in [5.74, 6) is 0. The first-order valence-electron chi connectivity index (χ1n) is 5.18. The standard InChI is InChI=1S/C10H22N2S/c1-4-11-5-7-12(8-6-11)9-10(2,3)13/h13H,4-9H2,1-3H3. The van der Waals surface area contributed by atoms with E-state index in [0.717, 1.165) is 6.54 Å². The highest BCUT2D eigenvalue weighted by Gasteiger charge is 2.20. The first kappa shape index (κ1) is 11.3. The van der Waals surface area contributed by atoms with Crippen LogP contribution in [0.5, 0.6) is 0 Å². The number of piperazine rings is 1. The molecule has 1 aliphatic rings. The summed E-state index contributed by atoms with van der Waals surface area (Å²) >= 11 is 4.56. The lowest BCUT2D eigenvalue weighted by Crippen LogP contribution is -2.49. The third-order valence-corrected chi connectivity index (χ3v) is 2.66. The highest BCUT2D eigenvalue weighted by molar-refractivity contribution is 7.81. The molecule has 13 heavy (non-hydrogen) atoms. The third kappa shape index (κ3) is 4.34. The average Bonchev–Trinajstić information content (AvgIpc) is 2.03. The largest absolute Gasteiger partial charge is 0.301 e. The lowest BCUT2D eigenvalue weighted by Gasteiger charge is -2.37. The summed E-state index contributed by atoms with van der Waals surface area (Å²) in [5, 5.41) is 0. The van der Waals surface area contributed by atoms with E-state index in [0.29, 0.717) is 0 Å². The van der Waals surface area contributed by atoms with Crippen molar-refractivity contribution in [3.63, 3.8) is 0 Å². The van der Waals surface area contributed by atoms with E-state index in [-0.39, 0.29) is 4.75 Å². The van der Waals surface area contributed by atoms with Gasteiger partial charge in [0.2, 0.25) is 0 Å². The van der Waals surface area contributed by atoms with Crippen LogP contribution in [0.4, 0.5) is 0 Å². The van der Waals surface area contributed by atoms with E-state index in [2.05, 4.69) is 43.2 Å². The first-order valence-corrected chi connectivity index (χ1v) is 5.63. The Hall–Kier alpha value is 0.270. The van der Waals surface area contributed by atoms with E-state index < -0.39 is 0 Å². The van der Waals surface area contributed by atoms with Crippen LogP contribution in [-0.2, 0) is 0 Å². The Balaban J connectivity index is 2.25. The van der Waals surface area contributed by atoms with Gasteiger partial charge in [-0.3, -0.25) is 4.90 Å². The van der Waals surface area contributed by atoms with Gasteiger partial charge in [-0.2, -0.15) is 12.6 Å². The van der Waals surface area contributed by atoms with Crippen molar-refractivity contribution in [3.8, 4) is 0 Å². The fourth-order valence-electron chi connectivity index (χ4n) is 1.81. The maximum atomic E-state index is 4.56. The van der Waals surface area contributed by atoms with Crippen LogP contribution < -0.4 is 0 Å². The molecule has 0 aromatic heterocycles. The minimum Gasteiger partial charge on any atom is -0.301 e. The predicted octanol–water partition coefficient (Wildman–Crippen LogP) is 1.33. The molecule has 1 aliphatic heterocycles. The monoisotopic (exact) mass is 202 g/mol. The van der Waals surface area contributed by atoms with Gasteiger partial charge in [-0.05, 0) is 20.4 Å². The summed E-state index contributed by atoms with van der Waals surface area (Å²) in [6, 6.07) is 0. The molecule has 1 fully saturated rings. The molecule has 0 amide bonds. The quantitative estimate of drug-likeness (QED) is 0.690. The van der Waals surface area contributed by atoms with Gasteiger partial charge < -0.3 is 4.90 Å². The van der Waals surface area contributed by atoms with Gasteiger partial charge in [-0.25, -0.2) is 0 Å². The van der Waals surface area contributed by atoms with Crippen molar-refractivity contribution in [1.82, 2.24) is 9.80 Å². The molecule has 0 spiro atoms. The van der Waals surface area contributed by atoms with Crippen molar-refractivity contribution in [3.05, 3.63) is 0 Å². The fourth-order valence-corrected chi connectivity index (χ4v) is 2.01. The lowest BCUT2D eigenvalue weighted by molar-refractivity contribution is 0.131. The van der Waals surface area contributed by atoms with Gasteiger partial charge in [-0.1, -0.05) is 6.92 Å². The molecular formula is C10H22N2S. The minimum atomic E-state index is 0.147. The molecule has 1 rings (SSSR count). The van der Waals surface area contributed by atoms with Gasteiger partial charge >= 0.3 is 0 Å². The second kappa shape index (κ2) is 4.67. The van der Waals surface area contributed by atoms with Crippen LogP contribution in [0.2, 0.25) is 0 Å². The number of rotatable bonds is 3. The third-order valence-electron chi connectivity index (χ3n) is 2.52. The second-order valence-corrected chi connectivity index (χ2v) is 5.73. The van der Waals surface area contributed by atoms with Crippen molar-refractivity contribution in [2.24, 2.45) is 0 Å². The molecule has 0 saturated carbocycles. The Morgan fingerprint density at radius 3 is 1.92 bits per heavy atom. The Bertz CT molecular complexity index is 145. The highest BCUT2D eigenvalue weighted by atomic mass is 32.1. The molecule has 0 aliphatic carbocycles. The maximum Gasteiger partial charge on any atom is 0.0200 e. The van der Waals surface area contributed by atoms with E-state index in [1.165, 1.54) is 32.7 Å². The summed E-state index contributed by atoms with van der Waals surface area (Å²) in [4.78, 5) is 5.02. The number of likely N-dealkylation sites (N-methyl/N-ethyl adjacent to an activating group) is 1. The summed E-state index contributed by atoms with van der Waals surface area (Å²) in [6.07, 6.45) is 0. The molecule has 0 atom stereocenters. The molecule has 78 valence electrons. The van der Waals surface area contributed by atoms with Crippen LogP contribution >= 0.6 is 12.6 Å². The zero-order chi connectivity index (χ0) is 9.90. The molecule has 1 heterocycles. The van der Waals surface area contributed by atoms with Crippen LogP contribution in [0.3, 0.4) is 0 Å². The van der Waals surface area contributed by atoms with E-state index in [9.17, 15) is 0 Å². The van der Waals surface area contributed by atoms with Gasteiger partial charge in [0.25, 0.3) is 0 Å². The van der Waals surface area contributed by atoms with Crippen molar-refractivity contribution in [2.75, 3.05) is 39.3 Å². The van der Waals surface area contributed by atoms with Gasteiger partial charge in [0.15, 0.2) is 0 Å². The molecule has 0 aromatic carbocycles. The number of nitrogens with zero attached hydrogens (tertiary/aromatic N) is 2. The number of hydrogen-bond acceptors (Lipinski definition) is 3. The van der Waals surface area contributed by atoms with Crippen molar-refractivity contribution in [2.45, 2.75) is 25.5 Å². The summed E-state index contributed by atoms with van der Waals surface area (Å²) in [5.41, 5.74) is 0. The van der Waals surface area contributed by atoms with E-state index in [4.69, 9.17) is 0 Å². The van der Waals surface area contributed by atoms with Gasteiger partial charge in [-0.15, -0.1) is 0 Å². The molecule has 0 N–H and O–H groups in total. The second-order valence-electron chi connectivity index (χ2n) is 4.52. The Morgan fingerprint density at radius 1 is 1.08 bits per heavy atom. The minimum absolute atomic E-state index is 0.147. The van der Waals surface area contributed by atoms with Gasteiger partial charge in [0.1, 0.15) is 0 Å². The molecule has 0 aromatic rings. The molecule has 0 bridgehead atoms. The van der Waals surface area contributed by atoms with Crippen LogP contribution in [0.25, 0.3) is 0 Å². The lowest BCUT2D eigenvalue weighted by atomic mass is 10.1. The Kier molecular flexibility index (Phi) is 4.07. The topological polar surface area (TPSA) is 6.48 Å². The van der Waals surface area contributed by atoms with Crippen molar-refractivity contribution in [1.29, 1.82) is 0 Å². The maximum absolute atomic E-state index is 4.56. The van der Waals surface area contributed by atoms with Crippen LogP contribution in [0.1, 0.15) is 20.8 Å². The number of hydrogen-bond donors (Lipinski definition) is 1. The van der Waals surface area contributed by atoms with E-state index in [1.54, 1.807) is 0 Å². The summed E-state index contributed by atoms with van der Waals surface area (Å²) in [7, 11) is 0. The van der Waals surface area contributed by atoms with Crippen molar-refractivity contribution < 1.29 is 0 Å². The molecular weight excluding hydrogens is 180 g/mol. The van der Waals surface area contributed by atoms with E-state index in [1.807, 2.05) is 0 Å². The van der Waals surface area contributed by atoms with Crippen molar-refractivity contribution >= 4 is 12.6 Å². The first-order chi connectivity index (χ1) is 6.01. The molecule has 1 saturated heterocycles. The molecule has 0 radical (unpaired) electrons. The van der Waals surface area contributed by atoms with Crippen LogP contribution in [-0.4, -0.2) is 53.8 Å². The summed E-state index contributed by atoms with van der Waals surface area (Å²) in [6.45, 7) is 13.8. The predicted molar refractivity (Wildman–Crippen MR) is 61.6 cm³/mol. The van der Waals surface area contributed by atoms with Crippen LogP contribution in [0, 0.1) is 0 Å². The Morgan fingerprint density at radius 2 is 1.54 bits per heavy atom. The van der Waals surface area contributed by atoms with Gasteiger partial charge in [0, 0.05) is 37.5 Å². The fraction of sp³-hybridized carbons (Fsp3) is 1.00. The van der Waals surface area contributed by atoms with E-state index >= 15 is 0 Å². The molecule has 3 heteroatoms. The zero-order valence-corrected chi connectivity index (χ0v) is 9.98. The average molecular weight is 202 g/mol. The number of thiol groups is 1. The zero-order valence-electron chi connectivity index (χ0n) is 9.08.